The van der Waals surface area contributed by atoms with Crippen LogP contribution in [0, 0.1) is 6.92 Å². The summed E-state index contributed by atoms with van der Waals surface area (Å²) >= 11 is 0. The highest BCUT2D eigenvalue weighted by molar-refractivity contribution is 5.68. The number of nitrogen functional groups attached to an aromatic ring is 1. The third-order valence-corrected chi connectivity index (χ3v) is 3.04. The van der Waals surface area contributed by atoms with Gasteiger partial charge in [-0.2, -0.15) is 4.98 Å². The summed E-state index contributed by atoms with van der Waals surface area (Å²) in [7, 11) is 1.66. The van der Waals surface area contributed by atoms with E-state index in [9.17, 15) is 0 Å². The van der Waals surface area contributed by atoms with E-state index in [1.807, 2.05) is 37.4 Å². The smallest absolute Gasteiger partial charge is 0.240 e. The Balaban J connectivity index is 2.18. The number of hydrogen-bond donors (Lipinski definition) is 1. The fraction of sp³-hybridized carbons (Fsp3) is 0.143. The second kappa shape index (κ2) is 4.28. The Morgan fingerprint density at radius 3 is 2.84 bits per heavy atom. The Morgan fingerprint density at radius 1 is 1.21 bits per heavy atom. The zero-order valence-corrected chi connectivity index (χ0v) is 10.8. The molecule has 0 unspecified atom stereocenters. The van der Waals surface area contributed by atoms with Gasteiger partial charge in [-0.15, -0.1) is 5.10 Å². The molecule has 0 bridgehead atoms. The summed E-state index contributed by atoms with van der Waals surface area (Å²) in [5, 5.41) is 4.15. The number of rotatable bonds is 2. The van der Waals surface area contributed by atoms with E-state index >= 15 is 0 Å². The highest BCUT2D eigenvalue weighted by atomic mass is 16.5. The van der Waals surface area contributed by atoms with Gasteiger partial charge in [-0.25, -0.2) is 4.52 Å². The van der Waals surface area contributed by atoms with Gasteiger partial charge in [0.2, 0.25) is 5.95 Å². The van der Waals surface area contributed by atoms with Crippen molar-refractivity contribution in [2.45, 2.75) is 6.92 Å². The quantitative estimate of drug-likeness (QED) is 0.762. The van der Waals surface area contributed by atoms with E-state index in [2.05, 4.69) is 16.1 Å². The first kappa shape index (κ1) is 11.5. The molecule has 0 saturated carbocycles. The summed E-state index contributed by atoms with van der Waals surface area (Å²) in [6.07, 6.45) is 1.92. The van der Waals surface area contributed by atoms with Crippen molar-refractivity contribution in [1.29, 1.82) is 0 Å². The van der Waals surface area contributed by atoms with Crippen molar-refractivity contribution in [1.82, 2.24) is 14.6 Å². The van der Waals surface area contributed by atoms with Crippen LogP contribution in [0.2, 0.25) is 0 Å². The maximum atomic E-state index is 5.63. The van der Waals surface area contributed by atoms with Gasteiger partial charge in [0.05, 0.1) is 7.11 Å². The highest BCUT2D eigenvalue weighted by Crippen LogP contribution is 2.25. The van der Waals surface area contributed by atoms with E-state index in [-0.39, 0.29) is 5.95 Å². The molecule has 19 heavy (non-hydrogen) atoms. The van der Waals surface area contributed by atoms with Gasteiger partial charge in [0.1, 0.15) is 5.75 Å². The Labute approximate surface area is 110 Å². The molecule has 0 fully saturated rings. The molecule has 96 valence electrons. The summed E-state index contributed by atoms with van der Waals surface area (Å²) < 4.78 is 6.95. The van der Waals surface area contributed by atoms with Crippen LogP contribution in [0.3, 0.4) is 0 Å². The van der Waals surface area contributed by atoms with Gasteiger partial charge in [-0.1, -0.05) is 12.1 Å². The molecule has 0 aliphatic heterocycles. The molecule has 3 rings (SSSR count). The summed E-state index contributed by atoms with van der Waals surface area (Å²) in [5.74, 6) is 1.11. The number of nitrogens with zero attached hydrogens (tertiary/aromatic N) is 3. The molecule has 5 nitrogen and oxygen atoms in total. The van der Waals surface area contributed by atoms with E-state index in [0.717, 1.165) is 28.1 Å². The predicted octanol–water partition coefficient (Wildman–Crippen LogP) is 2.30. The number of benzene rings is 1. The molecular weight excluding hydrogens is 240 g/mol. The van der Waals surface area contributed by atoms with Crippen molar-refractivity contribution in [3.63, 3.8) is 0 Å². The number of fused-ring (bicyclic) bond motifs is 1. The van der Waals surface area contributed by atoms with Crippen LogP contribution in [0.25, 0.3) is 16.8 Å². The molecule has 0 radical (unpaired) electrons. The normalized spacial score (nSPS) is 10.8. The SMILES string of the molecule is COc1cccc(-c2cc(C)c3nc(N)nn3c2)c1. The van der Waals surface area contributed by atoms with Gasteiger partial charge in [0.15, 0.2) is 5.65 Å². The van der Waals surface area contributed by atoms with Crippen LogP contribution >= 0.6 is 0 Å². The third kappa shape index (κ3) is 1.99. The molecule has 0 aliphatic rings. The van der Waals surface area contributed by atoms with Gasteiger partial charge >= 0.3 is 0 Å². The Hall–Kier alpha value is -2.56. The highest BCUT2D eigenvalue weighted by Gasteiger charge is 2.07. The number of hydrogen-bond acceptors (Lipinski definition) is 4. The minimum absolute atomic E-state index is 0.283. The molecule has 3 aromatic rings. The molecule has 0 saturated heterocycles. The van der Waals surface area contributed by atoms with Crippen LogP contribution < -0.4 is 10.5 Å². The molecule has 0 aliphatic carbocycles. The lowest BCUT2D eigenvalue weighted by Gasteiger charge is -2.06. The molecule has 5 heteroatoms. The Morgan fingerprint density at radius 2 is 2.05 bits per heavy atom. The van der Waals surface area contributed by atoms with Crippen molar-refractivity contribution in [2.75, 3.05) is 12.8 Å². The van der Waals surface area contributed by atoms with Crippen molar-refractivity contribution in [3.8, 4) is 16.9 Å². The van der Waals surface area contributed by atoms with E-state index in [1.54, 1.807) is 11.6 Å². The maximum absolute atomic E-state index is 5.63. The lowest BCUT2D eigenvalue weighted by molar-refractivity contribution is 0.415. The third-order valence-electron chi connectivity index (χ3n) is 3.04. The molecule has 0 amide bonds. The van der Waals surface area contributed by atoms with E-state index in [0.29, 0.717) is 0 Å². The fourth-order valence-electron chi connectivity index (χ4n) is 2.13. The van der Waals surface area contributed by atoms with E-state index in [4.69, 9.17) is 10.5 Å². The second-order valence-corrected chi connectivity index (χ2v) is 4.38. The van der Waals surface area contributed by atoms with Crippen molar-refractivity contribution in [2.24, 2.45) is 0 Å². The van der Waals surface area contributed by atoms with Gasteiger partial charge in [0.25, 0.3) is 0 Å². The summed E-state index contributed by atoms with van der Waals surface area (Å²) in [6, 6.07) is 9.97. The average Bonchev–Trinajstić information content (AvgIpc) is 2.80. The van der Waals surface area contributed by atoms with Crippen LogP contribution in [0.15, 0.2) is 36.5 Å². The Kier molecular flexibility index (Phi) is 2.59. The lowest BCUT2D eigenvalue weighted by Crippen LogP contribution is -1.93. The monoisotopic (exact) mass is 254 g/mol. The standard InChI is InChI=1S/C14H14N4O/c1-9-6-11(8-18-13(9)16-14(15)17-18)10-4-3-5-12(7-10)19-2/h3-8H,1-2H3,(H2,15,17). The first-order chi connectivity index (χ1) is 9.17. The fourth-order valence-corrected chi connectivity index (χ4v) is 2.13. The zero-order valence-electron chi connectivity index (χ0n) is 10.8. The summed E-state index contributed by atoms with van der Waals surface area (Å²) in [5.41, 5.74) is 9.56. The van der Waals surface area contributed by atoms with Crippen molar-refractivity contribution in [3.05, 3.63) is 42.1 Å². The van der Waals surface area contributed by atoms with Crippen LogP contribution in [0.4, 0.5) is 5.95 Å². The largest absolute Gasteiger partial charge is 0.497 e. The van der Waals surface area contributed by atoms with Gasteiger partial charge in [0, 0.05) is 11.8 Å². The molecular formula is C14H14N4O. The maximum Gasteiger partial charge on any atom is 0.240 e. The number of aryl methyl sites for hydroxylation is 1. The average molecular weight is 254 g/mol. The molecule has 2 N–H and O–H groups in total. The van der Waals surface area contributed by atoms with Crippen LogP contribution in [0.1, 0.15) is 5.56 Å². The van der Waals surface area contributed by atoms with Crippen LogP contribution in [-0.4, -0.2) is 21.7 Å². The Bertz CT molecular complexity index is 748. The topological polar surface area (TPSA) is 65.4 Å². The minimum atomic E-state index is 0.283. The van der Waals surface area contributed by atoms with E-state index in [1.165, 1.54) is 0 Å². The predicted molar refractivity (Wildman–Crippen MR) is 74.1 cm³/mol. The van der Waals surface area contributed by atoms with Crippen LogP contribution in [-0.2, 0) is 0 Å². The van der Waals surface area contributed by atoms with Gasteiger partial charge in [-0.3, -0.25) is 0 Å². The lowest BCUT2D eigenvalue weighted by atomic mass is 10.1. The van der Waals surface area contributed by atoms with Crippen LogP contribution in [0.5, 0.6) is 5.75 Å². The second-order valence-electron chi connectivity index (χ2n) is 4.38. The number of nitrogens with two attached hydrogens (primary N) is 1. The van der Waals surface area contributed by atoms with E-state index < -0.39 is 0 Å². The minimum Gasteiger partial charge on any atom is -0.497 e. The number of ether oxygens (including phenoxy) is 1. The van der Waals surface area contributed by atoms with Crippen molar-refractivity contribution >= 4 is 11.6 Å². The molecule has 0 atom stereocenters. The first-order valence-electron chi connectivity index (χ1n) is 5.94. The number of methoxy groups -OCH3 is 1. The number of aromatic nitrogens is 3. The number of anilines is 1. The zero-order chi connectivity index (χ0) is 13.4. The molecule has 2 heterocycles. The van der Waals surface area contributed by atoms with Gasteiger partial charge in [-0.05, 0) is 36.2 Å². The number of pyridine rings is 1. The molecule has 0 spiro atoms. The summed E-state index contributed by atoms with van der Waals surface area (Å²) in [6.45, 7) is 1.99. The van der Waals surface area contributed by atoms with Gasteiger partial charge < -0.3 is 10.5 Å². The summed E-state index contributed by atoms with van der Waals surface area (Å²) in [4.78, 5) is 4.19. The molecule has 2 aromatic heterocycles. The molecule has 1 aromatic carbocycles. The first-order valence-corrected chi connectivity index (χ1v) is 5.94. The van der Waals surface area contributed by atoms with Crippen molar-refractivity contribution < 1.29 is 4.74 Å².